The van der Waals surface area contributed by atoms with Crippen molar-refractivity contribution in [3.8, 4) is 11.5 Å². The minimum absolute atomic E-state index is 0.319. The Labute approximate surface area is 104 Å². The van der Waals surface area contributed by atoms with E-state index in [1.165, 1.54) is 0 Å². The number of nitrogens with zero attached hydrogens (tertiary/aromatic N) is 1. The Balaban J connectivity index is 2.79. The predicted molar refractivity (Wildman–Crippen MR) is 72.3 cm³/mol. The first kappa shape index (κ1) is 12.0. The van der Waals surface area contributed by atoms with E-state index in [1.807, 2.05) is 30.3 Å². The molecule has 0 fully saturated rings. The fraction of sp³-hybridized carbons (Fsp3) is 0.0667. The molecule has 0 radical (unpaired) electrons. The molecule has 0 saturated heterocycles. The maximum Gasteiger partial charge on any atom is 0.346 e. The van der Waals surface area contributed by atoms with Gasteiger partial charge in [-0.3, -0.25) is 0 Å². The topological polar surface area (TPSA) is 43.1 Å². The lowest BCUT2D eigenvalue weighted by Crippen LogP contribution is -2.40. The van der Waals surface area contributed by atoms with E-state index in [-0.39, 0.29) is 5.63 Å². The smallest absolute Gasteiger partial charge is 0.346 e. The molecule has 18 heavy (non-hydrogen) atoms. The average Bonchev–Trinajstić information content (AvgIpc) is 2.40. The van der Waals surface area contributed by atoms with Gasteiger partial charge in [0.1, 0.15) is 0 Å². The van der Waals surface area contributed by atoms with Crippen LogP contribution in [0.4, 0.5) is 0 Å². The SMILES string of the molecule is C=C/C=c1/nc(-c2ccccc2)oc(=O)/c1=C/C. The molecule has 0 amide bonds. The Bertz CT molecular complexity index is 727. The molecular weight excluding hydrogens is 226 g/mol. The second kappa shape index (κ2) is 5.27. The molecule has 0 saturated carbocycles. The third-order valence-electron chi connectivity index (χ3n) is 2.49. The zero-order valence-corrected chi connectivity index (χ0v) is 10.1. The fourth-order valence-corrected chi connectivity index (χ4v) is 1.65. The van der Waals surface area contributed by atoms with Gasteiger partial charge in [-0.05, 0) is 25.1 Å². The van der Waals surface area contributed by atoms with Crippen molar-refractivity contribution in [3.63, 3.8) is 0 Å². The van der Waals surface area contributed by atoms with Gasteiger partial charge in [-0.25, -0.2) is 9.78 Å². The maximum absolute atomic E-state index is 11.8. The number of benzene rings is 1. The van der Waals surface area contributed by atoms with Gasteiger partial charge in [-0.15, -0.1) is 0 Å². The summed E-state index contributed by atoms with van der Waals surface area (Å²) in [5.41, 5.74) is 0.385. The Morgan fingerprint density at radius 2 is 2.00 bits per heavy atom. The van der Waals surface area contributed by atoms with Crippen LogP contribution in [0.2, 0.25) is 0 Å². The van der Waals surface area contributed by atoms with Crippen molar-refractivity contribution in [2.75, 3.05) is 0 Å². The van der Waals surface area contributed by atoms with Crippen molar-refractivity contribution in [2.24, 2.45) is 0 Å². The van der Waals surface area contributed by atoms with Crippen LogP contribution in [-0.2, 0) is 0 Å². The first-order valence-electron chi connectivity index (χ1n) is 5.62. The Kier molecular flexibility index (Phi) is 3.53. The van der Waals surface area contributed by atoms with Crippen LogP contribution in [0.1, 0.15) is 6.92 Å². The van der Waals surface area contributed by atoms with Gasteiger partial charge >= 0.3 is 5.63 Å². The molecule has 0 aliphatic heterocycles. The summed E-state index contributed by atoms with van der Waals surface area (Å²) in [7, 11) is 0. The molecule has 1 aromatic heterocycles. The number of hydrogen-bond donors (Lipinski definition) is 0. The van der Waals surface area contributed by atoms with Gasteiger partial charge in [0, 0.05) is 5.56 Å². The maximum atomic E-state index is 11.8. The first-order valence-corrected chi connectivity index (χ1v) is 5.62. The van der Waals surface area contributed by atoms with Crippen molar-refractivity contribution in [1.29, 1.82) is 0 Å². The summed E-state index contributed by atoms with van der Waals surface area (Å²) in [6, 6.07) is 9.32. The lowest BCUT2D eigenvalue weighted by molar-refractivity contribution is 0.498. The quantitative estimate of drug-likeness (QED) is 0.797. The van der Waals surface area contributed by atoms with E-state index in [0.29, 0.717) is 16.5 Å². The van der Waals surface area contributed by atoms with Gasteiger partial charge in [-0.2, -0.15) is 0 Å². The molecule has 0 bridgehead atoms. The number of allylic oxidation sites excluding steroid dienone is 1. The summed E-state index contributed by atoms with van der Waals surface area (Å²) in [5, 5.41) is 1.03. The van der Waals surface area contributed by atoms with Gasteiger partial charge in [0.05, 0.1) is 10.6 Å². The van der Waals surface area contributed by atoms with Gasteiger partial charge in [0.15, 0.2) is 0 Å². The highest BCUT2D eigenvalue weighted by molar-refractivity contribution is 5.52. The van der Waals surface area contributed by atoms with Gasteiger partial charge in [0.25, 0.3) is 0 Å². The van der Waals surface area contributed by atoms with E-state index in [0.717, 1.165) is 5.56 Å². The van der Waals surface area contributed by atoms with Crippen molar-refractivity contribution >= 4 is 12.2 Å². The molecule has 1 aromatic carbocycles. The summed E-state index contributed by atoms with van der Waals surface area (Å²) in [5.74, 6) is 0.319. The third kappa shape index (κ3) is 2.30. The minimum Gasteiger partial charge on any atom is -0.403 e. The van der Waals surface area contributed by atoms with Gasteiger partial charge in [0.2, 0.25) is 5.89 Å². The van der Waals surface area contributed by atoms with Gasteiger partial charge < -0.3 is 4.42 Å². The van der Waals surface area contributed by atoms with Crippen LogP contribution < -0.4 is 16.2 Å². The van der Waals surface area contributed by atoms with Crippen LogP contribution in [0.3, 0.4) is 0 Å². The van der Waals surface area contributed by atoms with Crippen molar-refractivity contribution in [2.45, 2.75) is 6.92 Å². The zero-order valence-electron chi connectivity index (χ0n) is 10.1. The summed E-state index contributed by atoms with van der Waals surface area (Å²) in [6.45, 7) is 5.40. The average molecular weight is 239 g/mol. The second-order valence-corrected chi connectivity index (χ2v) is 3.66. The molecule has 2 rings (SSSR count). The minimum atomic E-state index is -0.389. The fourth-order valence-electron chi connectivity index (χ4n) is 1.65. The molecule has 90 valence electrons. The molecule has 0 unspecified atom stereocenters. The van der Waals surface area contributed by atoms with Crippen molar-refractivity contribution in [3.05, 3.63) is 64.0 Å². The molecule has 0 atom stereocenters. The van der Waals surface area contributed by atoms with E-state index in [1.54, 1.807) is 25.2 Å². The summed E-state index contributed by atoms with van der Waals surface area (Å²) < 4.78 is 5.22. The number of aromatic nitrogens is 1. The third-order valence-corrected chi connectivity index (χ3v) is 2.49. The molecule has 0 N–H and O–H groups in total. The van der Waals surface area contributed by atoms with Crippen LogP contribution in [0, 0.1) is 0 Å². The predicted octanol–water partition coefficient (Wildman–Crippen LogP) is 1.47. The molecule has 0 aliphatic rings. The molecule has 2 aromatic rings. The normalized spacial score (nSPS) is 12.7. The van der Waals surface area contributed by atoms with Crippen LogP contribution in [-0.4, -0.2) is 4.98 Å². The summed E-state index contributed by atoms with van der Waals surface area (Å²) >= 11 is 0. The van der Waals surface area contributed by atoms with E-state index in [2.05, 4.69) is 11.6 Å². The van der Waals surface area contributed by atoms with Gasteiger partial charge in [-0.1, -0.05) is 36.9 Å². The lowest BCUT2D eigenvalue weighted by atomic mass is 10.2. The Morgan fingerprint density at radius 3 is 2.61 bits per heavy atom. The Morgan fingerprint density at radius 1 is 1.28 bits per heavy atom. The van der Waals surface area contributed by atoms with Crippen LogP contribution in [0.25, 0.3) is 23.6 Å². The molecule has 1 heterocycles. The summed E-state index contributed by atoms with van der Waals surface area (Å²) in [6.07, 6.45) is 4.98. The number of hydrogen-bond acceptors (Lipinski definition) is 3. The molecule has 0 spiro atoms. The molecule has 3 nitrogen and oxygen atoms in total. The second-order valence-electron chi connectivity index (χ2n) is 3.66. The van der Waals surface area contributed by atoms with E-state index < -0.39 is 0 Å². The monoisotopic (exact) mass is 239 g/mol. The van der Waals surface area contributed by atoms with E-state index in [4.69, 9.17) is 4.42 Å². The van der Waals surface area contributed by atoms with Crippen molar-refractivity contribution in [1.82, 2.24) is 4.98 Å². The summed E-state index contributed by atoms with van der Waals surface area (Å²) in [4.78, 5) is 16.2. The lowest BCUT2D eigenvalue weighted by Gasteiger charge is -1.98. The largest absolute Gasteiger partial charge is 0.403 e. The van der Waals surface area contributed by atoms with Crippen LogP contribution in [0.5, 0.6) is 0 Å². The molecule has 3 heteroatoms. The van der Waals surface area contributed by atoms with E-state index in [9.17, 15) is 4.79 Å². The standard InChI is InChI=1S/C15H13NO2/c1-3-8-13-12(4-2)15(17)18-14(16-13)11-9-6-5-7-10-11/h3-10H,1H2,2H3/b12-4+,13-8+. The van der Waals surface area contributed by atoms with E-state index >= 15 is 0 Å². The van der Waals surface area contributed by atoms with Crippen LogP contribution in [0.15, 0.2) is 52.2 Å². The van der Waals surface area contributed by atoms with Crippen LogP contribution >= 0.6 is 0 Å². The highest BCUT2D eigenvalue weighted by Crippen LogP contribution is 2.11. The number of rotatable bonds is 2. The first-order chi connectivity index (χ1) is 8.76. The zero-order chi connectivity index (χ0) is 13.0. The molecule has 0 aliphatic carbocycles. The van der Waals surface area contributed by atoms with Crippen molar-refractivity contribution < 1.29 is 4.42 Å². The molecular formula is C15H13NO2. The highest BCUT2D eigenvalue weighted by Gasteiger charge is 2.04. The highest BCUT2D eigenvalue weighted by atomic mass is 16.4. The Hall–Kier alpha value is -2.42.